The largest absolute Gasteiger partial charge is 0.470 e. The van der Waals surface area contributed by atoms with E-state index in [-0.39, 0.29) is 25.9 Å². The smallest absolute Gasteiger partial charge is 0.398 e. The lowest BCUT2D eigenvalue weighted by molar-refractivity contribution is -0.434. The van der Waals surface area contributed by atoms with Crippen LogP contribution >= 0.6 is 12.3 Å². The van der Waals surface area contributed by atoms with E-state index in [2.05, 4.69) is 32.6 Å². The third-order valence-electron chi connectivity index (χ3n) is 10.3. The number of hydrogen-bond acceptors (Lipinski definition) is 30. The van der Waals surface area contributed by atoms with Crippen molar-refractivity contribution < 1.29 is 152 Å². The first kappa shape index (κ1) is 63.3. The van der Waals surface area contributed by atoms with Gasteiger partial charge in [0.25, 0.3) is 0 Å². The minimum atomic E-state index is -5.69. The molecule has 3 fully saturated rings. The van der Waals surface area contributed by atoms with Crippen molar-refractivity contribution in [3.63, 3.8) is 0 Å². The van der Waals surface area contributed by atoms with Crippen LogP contribution in [-0.4, -0.2) is 201 Å². The number of nitrogens with one attached hydrogen (secondary N) is 2. The molecule has 73 heavy (non-hydrogen) atoms. The normalized spacial score (nSPS) is 31.9. The van der Waals surface area contributed by atoms with Crippen molar-refractivity contribution in [2.24, 2.45) is 5.92 Å². The molecule has 0 aliphatic carbocycles. The molecule has 4 aliphatic heterocycles. The summed E-state index contributed by atoms with van der Waals surface area (Å²) in [7, 11) is -27.1. The molecule has 4 rings (SSSR count). The van der Waals surface area contributed by atoms with Gasteiger partial charge < -0.3 is 48.5 Å². The molecular formula is C31H52N2O34S6. The van der Waals surface area contributed by atoms with Crippen LogP contribution in [-0.2, 0) is 134 Å². The third kappa shape index (κ3) is 21.6. The van der Waals surface area contributed by atoms with E-state index in [1.54, 1.807) is 0 Å². The quantitative estimate of drug-likeness (QED) is 0.0129. The summed E-state index contributed by atoms with van der Waals surface area (Å²) in [5, 5.41) is 17.0. The zero-order valence-corrected chi connectivity index (χ0v) is 42.9. The molecule has 4 heterocycles. The van der Waals surface area contributed by atoms with E-state index >= 15 is 0 Å². The van der Waals surface area contributed by atoms with E-state index < -0.39 is 194 Å². The van der Waals surface area contributed by atoms with Crippen LogP contribution in [0.5, 0.6) is 0 Å². The first-order chi connectivity index (χ1) is 33.7. The van der Waals surface area contributed by atoms with Gasteiger partial charge >= 0.3 is 52.0 Å². The summed E-state index contributed by atoms with van der Waals surface area (Å²) in [6.07, 6.45) is -17.6. The van der Waals surface area contributed by atoms with Crippen molar-refractivity contribution in [2.45, 2.75) is 133 Å². The fraction of sp³-hybridized carbons (Fsp3) is 0.871. The van der Waals surface area contributed by atoms with Gasteiger partial charge in [-0.25, -0.2) is 26.2 Å². The van der Waals surface area contributed by atoms with E-state index in [0.717, 1.165) is 13.8 Å². The Balaban J connectivity index is 1.64. The van der Waals surface area contributed by atoms with Crippen molar-refractivity contribution in [3.05, 3.63) is 12.3 Å². The number of ether oxygens (including phenoxy) is 8. The standard InChI is InChI=1S/C31H52N2O34S6/c1-15-20(59-27-24(33-17(3)35)19(7-11-52-27)61-30-31(4,8-5-9-54-30)65-73(49,50)51)12-55-29(25(15)64-72(46,47)48)58-18-6-10-53-28(23(18)32-16(2)34)60-21(13-56-69(37,38)39)26(62-68-67-66-36)22(63-71(43,44)45)14-57-70(40,41)42/h5,9,15,18-30,36H,6-8,10-14H2,1-4H3,(H,32,34)(H,33,35)(H,37,38,39)(H,40,41,42)(H,43,44,45)(H,46,47,48)(H,49,50,51). The summed E-state index contributed by atoms with van der Waals surface area (Å²) in [6, 6.07) is -2.90. The minimum absolute atomic E-state index is 0.0260. The molecule has 15 unspecified atom stereocenters. The molecule has 0 saturated carbocycles. The second-order valence-corrected chi connectivity index (χ2v) is 21.6. The lowest BCUT2D eigenvalue weighted by Crippen LogP contribution is -2.62. The van der Waals surface area contributed by atoms with Gasteiger partial charge in [0, 0.05) is 26.2 Å². The monoisotopic (exact) mass is 1190 g/mol. The molecule has 0 aromatic heterocycles. The van der Waals surface area contributed by atoms with Crippen molar-refractivity contribution >= 4 is 76.1 Å². The zero-order valence-electron chi connectivity index (χ0n) is 38.0. The van der Waals surface area contributed by atoms with E-state index in [1.807, 2.05) is 0 Å². The van der Waals surface area contributed by atoms with Gasteiger partial charge in [0.2, 0.25) is 18.1 Å². The lowest BCUT2D eigenvalue weighted by Gasteiger charge is -2.46. The zero-order chi connectivity index (χ0) is 54.7. The number of hydrogen-bond donors (Lipinski definition) is 8. The molecule has 4 aliphatic rings. The molecule has 3 saturated heterocycles. The van der Waals surface area contributed by atoms with Gasteiger partial charge in [0.15, 0.2) is 36.8 Å². The summed E-state index contributed by atoms with van der Waals surface area (Å²) in [5.41, 5.74) is -1.82. The fourth-order valence-electron chi connectivity index (χ4n) is 7.41. The van der Waals surface area contributed by atoms with Gasteiger partial charge in [-0.05, 0) is 25.8 Å². The van der Waals surface area contributed by atoms with Crippen molar-refractivity contribution in [2.75, 3.05) is 33.0 Å². The second kappa shape index (κ2) is 26.9. The average Bonchev–Trinajstić information content (AvgIpc) is 3.22. The molecule has 0 radical (unpaired) electrons. The van der Waals surface area contributed by atoms with Crippen molar-refractivity contribution in [3.8, 4) is 0 Å². The van der Waals surface area contributed by atoms with E-state index in [4.69, 9.17) is 60.3 Å². The second-order valence-electron chi connectivity index (χ2n) is 15.9. The Kier molecular flexibility index (Phi) is 23.3. The maximum Gasteiger partial charge on any atom is 0.398 e. The van der Waals surface area contributed by atoms with Gasteiger partial charge in [-0.2, -0.15) is 42.1 Å². The first-order valence-corrected chi connectivity index (χ1v) is 28.0. The fourth-order valence-corrected chi connectivity index (χ4v) is 10.1. The van der Waals surface area contributed by atoms with E-state index in [1.165, 1.54) is 26.2 Å². The molecule has 2 amide bonds. The summed E-state index contributed by atoms with van der Waals surface area (Å²) >= 11 is -0.425. The van der Waals surface area contributed by atoms with Crippen LogP contribution in [0.4, 0.5) is 0 Å². The molecule has 426 valence electrons. The molecule has 36 nitrogen and oxygen atoms in total. The van der Waals surface area contributed by atoms with E-state index in [9.17, 15) is 69.9 Å². The van der Waals surface area contributed by atoms with Gasteiger partial charge in [-0.3, -0.25) is 36.5 Å². The summed E-state index contributed by atoms with van der Waals surface area (Å²) < 4.78 is 245. The Labute approximate surface area is 421 Å². The van der Waals surface area contributed by atoms with Crippen molar-refractivity contribution in [1.82, 2.24) is 10.6 Å². The van der Waals surface area contributed by atoms with Crippen LogP contribution in [0.25, 0.3) is 0 Å². The highest BCUT2D eigenvalue weighted by Crippen LogP contribution is 2.36. The SMILES string of the molecule is CC(=O)NC1C(OC2OC=CCC2(C)OS(=O)(=O)O)CCOC1OC1COC(OC2CCOC(OC(COS(=O)(=O)O)C(OSOOO)C(COS(=O)(=O)O)OS(=O)(=O)O)C2NC(C)=O)C(OS(=O)(=O)O)C1C. The van der Waals surface area contributed by atoms with Crippen LogP contribution in [0, 0.1) is 5.92 Å². The number of carbonyl (C=O) groups is 2. The molecule has 8 N–H and O–H groups in total. The summed E-state index contributed by atoms with van der Waals surface area (Å²) in [4.78, 5) is 25.1. The van der Waals surface area contributed by atoms with Crippen LogP contribution < -0.4 is 10.6 Å². The van der Waals surface area contributed by atoms with Crippen LogP contribution in [0.1, 0.15) is 47.0 Å². The number of rotatable bonds is 28. The maximum absolute atomic E-state index is 12.7. The number of carbonyl (C=O) groups excluding carboxylic acids is 2. The van der Waals surface area contributed by atoms with Crippen LogP contribution in [0.2, 0.25) is 0 Å². The lowest BCUT2D eigenvalue weighted by atomic mass is 9.94. The van der Waals surface area contributed by atoms with Gasteiger partial charge in [-0.15, -0.1) is 4.33 Å². The Morgan fingerprint density at radius 2 is 1.27 bits per heavy atom. The topological polar surface area (TPSA) is 498 Å². The van der Waals surface area contributed by atoms with Gasteiger partial charge in [0.05, 0.1) is 57.6 Å². The Morgan fingerprint density at radius 3 is 1.81 bits per heavy atom. The minimum Gasteiger partial charge on any atom is -0.470 e. The molecule has 0 bridgehead atoms. The number of amides is 2. The Morgan fingerprint density at radius 1 is 0.726 bits per heavy atom. The van der Waals surface area contributed by atoms with Crippen LogP contribution in [0.15, 0.2) is 12.3 Å². The summed E-state index contributed by atoms with van der Waals surface area (Å²) in [5.74, 6) is -2.72. The van der Waals surface area contributed by atoms with Crippen molar-refractivity contribution in [1.29, 1.82) is 0 Å². The predicted octanol–water partition coefficient (Wildman–Crippen LogP) is -2.76. The maximum atomic E-state index is 12.7. The molecular weight excluding hydrogens is 1140 g/mol. The van der Waals surface area contributed by atoms with Gasteiger partial charge in [0.1, 0.15) is 36.5 Å². The van der Waals surface area contributed by atoms with E-state index in [0.29, 0.717) is 0 Å². The highest BCUT2D eigenvalue weighted by atomic mass is 32.3. The summed E-state index contributed by atoms with van der Waals surface area (Å²) in [6.45, 7) is 0.488. The molecule has 0 spiro atoms. The highest BCUT2D eigenvalue weighted by molar-refractivity contribution is 7.89. The average molecular weight is 1190 g/mol. The molecule has 0 aromatic carbocycles. The van der Waals surface area contributed by atoms with Crippen LogP contribution in [0.3, 0.4) is 0 Å². The molecule has 42 heteroatoms. The molecule has 15 atom stereocenters. The Bertz CT molecular complexity index is 2430. The Hall–Kier alpha value is -2.26. The molecule has 0 aromatic rings. The third-order valence-corrected chi connectivity index (χ3v) is 13.1. The highest BCUT2D eigenvalue weighted by Gasteiger charge is 2.51. The first-order valence-electron chi connectivity index (χ1n) is 20.5. The van der Waals surface area contributed by atoms with Gasteiger partial charge in [-0.1, -0.05) is 12.0 Å². The predicted molar refractivity (Wildman–Crippen MR) is 227 cm³/mol.